The van der Waals surface area contributed by atoms with Crippen molar-refractivity contribution >= 4 is 29.4 Å². The van der Waals surface area contributed by atoms with Crippen molar-refractivity contribution in [3.63, 3.8) is 0 Å². The summed E-state index contributed by atoms with van der Waals surface area (Å²) in [6, 6.07) is 9.22. The first-order valence-corrected chi connectivity index (χ1v) is 8.17. The van der Waals surface area contributed by atoms with E-state index in [0.717, 1.165) is 17.8 Å². The lowest BCUT2D eigenvalue weighted by Gasteiger charge is -2.07. The summed E-state index contributed by atoms with van der Waals surface area (Å²) in [7, 11) is 0. The number of ether oxygens (including phenoxy) is 1. The quantitative estimate of drug-likeness (QED) is 0.300. The lowest BCUT2D eigenvalue weighted by atomic mass is 10.2. The van der Waals surface area contributed by atoms with Crippen molar-refractivity contribution in [2.75, 3.05) is 11.9 Å². The molecule has 0 saturated heterocycles. The number of nitro benzene ring substituents is 1. The standard InChI is InChI=1S/C18H18N4O6/c1-3-28-15-9-12(8-14(16(15)23)22(26)27)10-19-21-18(25)17(24)20-13-6-4-11(2)5-7-13/h4-10,23H,3H2,1-2H3,(H,20,24)(H,21,25)/b19-10+. The number of nitrogens with one attached hydrogen (secondary N) is 2. The summed E-state index contributed by atoms with van der Waals surface area (Å²) >= 11 is 0. The number of phenolic OH excluding ortho intramolecular Hbond substituents is 1. The van der Waals surface area contributed by atoms with Gasteiger partial charge in [0.15, 0.2) is 5.75 Å². The monoisotopic (exact) mass is 386 g/mol. The van der Waals surface area contributed by atoms with Crippen molar-refractivity contribution in [2.24, 2.45) is 5.10 Å². The van der Waals surface area contributed by atoms with Crippen molar-refractivity contribution in [2.45, 2.75) is 13.8 Å². The first kappa shape index (κ1) is 20.4. The summed E-state index contributed by atoms with van der Waals surface area (Å²) in [5.41, 5.74) is 3.09. The number of benzene rings is 2. The summed E-state index contributed by atoms with van der Waals surface area (Å²) < 4.78 is 5.14. The summed E-state index contributed by atoms with van der Waals surface area (Å²) in [5, 5.41) is 26.9. The van der Waals surface area contributed by atoms with Crippen LogP contribution in [0.25, 0.3) is 0 Å². The maximum atomic E-state index is 11.8. The van der Waals surface area contributed by atoms with E-state index in [2.05, 4.69) is 10.4 Å². The van der Waals surface area contributed by atoms with Crippen LogP contribution in [-0.2, 0) is 9.59 Å². The zero-order valence-electron chi connectivity index (χ0n) is 15.1. The van der Waals surface area contributed by atoms with E-state index in [1.54, 1.807) is 31.2 Å². The van der Waals surface area contributed by atoms with Crippen LogP contribution < -0.4 is 15.5 Å². The van der Waals surface area contributed by atoms with Crippen LogP contribution in [0.5, 0.6) is 11.5 Å². The molecule has 0 saturated carbocycles. The number of nitro groups is 1. The number of carbonyl (C=O) groups excluding carboxylic acids is 2. The van der Waals surface area contributed by atoms with Gasteiger partial charge in [-0.3, -0.25) is 19.7 Å². The Morgan fingerprint density at radius 1 is 1.25 bits per heavy atom. The number of phenols is 1. The van der Waals surface area contributed by atoms with Gasteiger partial charge in [0.1, 0.15) is 0 Å². The molecule has 0 aliphatic heterocycles. The summed E-state index contributed by atoms with van der Waals surface area (Å²) in [6.45, 7) is 3.72. The van der Waals surface area contributed by atoms with Gasteiger partial charge in [-0.15, -0.1) is 0 Å². The number of amides is 2. The molecule has 10 nitrogen and oxygen atoms in total. The number of hydrogen-bond acceptors (Lipinski definition) is 7. The van der Waals surface area contributed by atoms with Gasteiger partial charge in [0.2, 0.25) is 5.75 Å². The van der Waals surface area contributed by atoms with Crippen molar-refractivity contribution in [3.05, 3.63) is 57.6 Å². The predicted octanol–water partition coefficient (Wildman–Crippen LogP) is 2.10. The van der Waals surface area contributed by atoms with Crippen LogP contribution in [0, 0.1) is 17.0 Å². The molecule has 2 rings (SSSR count). The van der Waals surface area contributed by atoms with Crippen molar-refractivity contribution in [1.29, 1.82) is 0 Å². The molecule has 2 aromatic rings. The van der Waals surface area contributed by atoms with Gasteiger partial charge in [0, 0.05) is 17.3 Å². The molecule has 28 heavy (non-hydrogen) atoms. The molecule has 0 radical (unpaired) electrons. The molecule has 0 atom stereocenters. The van der Waals surface area contributed by atoms with Gasteiger partial charge in [-0.1, -0.05) is 17.7 Å². The van der Waals surface area contributed by atoms with E-state index in [9.17, 15) is 24.8 Å². The molecule has 146 valence electrons. The Kier molecular flexibility index (Phi) is 6.63. The Balaban J connectivity index is 2.06. The molecule has 0 fully saturated rings. The molecule has 0 bridgehead atoms. The molecular formula is C18H18N4O6. The SMILES string of the molecule is CCOc1cc(/C=N/NC(=O)C(=O)Nc2ccc(C)cc2)cc([N+](=O)[O-])c1O. The molecule has 0 unspecified atom stereocenters. The molecule has 2 amide bonds. The number of rotatable bonds is 6. The minimum absolute atomic E-state index is 0.0957. The Bertz CT molecular complexity index is 924. The molecule has 0 spiro atoms. The average Bonchev–Trinajstić information content (AvgIpc) is 2.65. The fraction of sp³-hybridized carbons (Fsp3) is 0.167. The van der Waals surface area contributed by atoms with E-state index in [1.807, 2.05) is 12.3 Å². The number of nitrogens with zero attached hydrogens (tertiary/aromatic N) is 2. The molecule has 3 N–H and O–H groups in total. The molecule has 10 heteroatoms. The predicted molar refractivity (Wildman–Crippen MR) is 101 cm³/mol. The lowest BCUT2D eigenvalue weighted by Crippen LogP contribution is -2.32. The summed E-state index contributed by atoms with van der Waals surface area (Å²) in [4.78, 5) is 33.9. The maximum Gasteiger partial charge on any atom is 0.329 e. The van der Waals surface area contributed by atoms with E-state index >= 15 is 0 Å². The van der Waals surface area contributed by atoms with Crippen LogP contribution in [0.3, 0.4) is 0 Å². The fourth-order valence-corrected chi connectivity index (χ4v) is 2.13. The largest absolute Gasteiger partial charge is 0.500 e. The topological polar surface area (TPSA) is 143 Å². The van der Waals surface area contributed by atoms with Crippen LogP contribution in [0.4, 0.5) is 11.4 Å². The molecule has 0 heterocycles. The number of hydrazone groups is 1. The maximum absolute atomic E-state index is 11.8. The van der Waals surface area contributed by atoms with Gasteiger partial charge in [-0.2, -0.15) is 5.10 Å². The first-order valence-electron chi connectivity index (χ1n) is 8.17. The molecule has 0 aromatic heterocycles. The lowest BCUT2D eigenvalue weighted by molar-refractivity contribution is -0.386. The number of carbonyl (C=O) groups is 2. The Hall–Kier alpha value is -3.95. The highest BCUT2D eigenvalue weighted by molar-refractivity contribution is 6.39. The first-order chi connectivity index (χ1) is 13.3. The number of aromatic hydroxyl groups is 1. The van der Waals surface area contributed by atoms with Gasteiger partial charge < -0.3 is 15.2 Å². The van der Waals surface area contributed by atoms with Crippen LogP contribution in [0.1, 0.15) is 18.1 Å². The van der Waals surface area contributed by atoms with E-state index in [4.69, 9.17) is 4.74 Å². The number of anilines is 1. The zero-order valence-corrected chi connectivity index (χ0v) is 15.1. The number of aryl methyl sites for hydroxylation is 1. The minimum atomic E-state index is -1.02. The van der Waals surface area contributed by atoms with E-state index in [0.29, 0.717) is 5.69 Å². The second-order valence-electron chi connectivity index (χ2n) is 5.60. The Morgan fingerprint density at radius 3 is 2.54 bits per heavy atom. The zero-order chi connectivity index (χ0) is 20.7. The Labute approximate surface area is 160 Å². The van der Waals surface area contributed by atoms with E-state index in [1.165, 1.54) is 6.07 Å². The van der Waals surface area contributed by atoms with Crippen molar-refractivity contribution in [3.8, 4) is 11.5 Å². The molecule has 0 aliphatic rings. The van der Waals surface area contributed by atoms with Gasteiger partial charge in [-0.05, 0) is 32.0 Å². The molecule has 0 aliphatic carbocycles. The third kappa shape index (κ3) is 5.27. The van der Waals surface area contributed by atoms with E-state index < -0.39 is 28.2 Å². The Morgan fingerprint density at radius 2 is 1.93 bits per heavy atom. The van der Waals surface area contributed by atoms with Gasteiger partial charge in [0.25, 0.3) is 0 Å². The van der Waals surface area contributed by atoms with Crippen molar-refractivity contribution < 1.29 is 24.4 Å². The fourth-order valence-electron chi connectivity index (χ4n) is 2.13. The van der Waals surface area contributed by atoms with Crippen molar-refractivity contribution in [1.82, 2.24) is 5.43 Å². The smallest absolute Gasteiger partial charge is 0.329 e. The molecule has 2 aromatic carbocycles. The minimum Gasteiger partial charge on any atom is -0.500 e. The highest BCUT2D eigenvalue weighted by Gasteiger charge is 2.20. The van der Waals surface area contributed by atoms with Crippen LogP contribution in [0.2, 0.25) is 0 Å². The summed E-state index contributed by atoms with van der Waals surface area (Å²) in [6.07, 6.45) is 1.09. The molecular weight excluding hydrogens is 368 g/mol. The summed E-state index contributed by atoms with van der Waals surface area (Å²) in [5.74, 6) is -2.64. The average molecular weight is 386 g/mol. The third-order valence-corrected chi connectivity index (χ3v) is 3.47. The number of hydrogen-bond donors (Lipinski definition) is 3. The highest BCUT2D eigenvalue weighted by Crippen LogP contribution is 2.36. The van der Waals surface area contributed by atoms with Gasteiger partial charge in [-0.25, -0.2) is 5.43 Å². The van der Waals surface area contributed by atoms with Crippen LogP contribution >= 0.6 is 0 Å². The van der Waals surface area contributed by atoms with Crippen LogP contribution in [-0.4, -0.2) is 34.7 Å². The van der Waals surface area contributed by atoms with E-state index in [-0.39, 0.29) is 17.9 Å². The van der Waals surface area contributed by atoms with Gasteiger partial charge in [0.05, 0.1) is 17.7 Å². The third-order valence-electron chi connectivity index (χ3n) is 3.47. The highest BCUT2D eigenvalue weighted by atomic mass is 16.6. The second-order valence-corrected chi connectivity index (χ2v) is 5.60. The normalized spacial score (nSPS) is 10.5. The van der Waals surface area contributed by atoms with Gasteiger partial charge >= 0.3 is 17.5 Å². The van der Waals surface area contributed by atoms with Crippen LogP contribution in [0.15, 0.2) is 41.5 Å². The second kappa shape index (κ2) is 9.12.